The van der Waals surface area contributed by atoms with Crippen molar-refractivity contribution in [2.75, 3.05) is 0 Å². The lowest BCUT2D eigenvalue weighted by atomic mass is 10.1. The van der Waals surface area contributed by atoms with Crippen LogP contribution < -0.4 is 4.74 Å². The molecule has 0 aliphatic carbocycles. The Bertz CT molecular complexity index is 923. The van der Waals surface area contributed by atoms with E-state index in [-0.39, 0.29) is 13.2 Å². The van der Waals surface area contributed by atoms with Crippen LogP contribution in [-0.2, 0) is 32.3 Å². The van der Waals surface area contributed by atoms with E-state index in [4.69, 9.17) is 14.2 Å². The fourth-order valence-electron chi connectivity index (χ4n) is 2.10. The monoisotopic (exact) mass is 394 g/mol. The Hall–Kier alpha value is -3.67. The lowest BCUT2D eigenvalue weighted by Crippen LogP contribution is -2.09. The van der Waals surface area contributed by atoms with Crippen molar-refractivity contribution in [3.8, 4) is 5.75 Å². The van der Waals surface area contributed by atoms with E-state index in [0.29, 0.717) is 22.5 Å². The van der Waals surface area contributed by atoms with Crippen molar-refractivity contribution in [2.24, 2.45) is 0 Å². The van der Waals surface area contributed by atoms with E-state index in [1.807, 2.05) is 0 Å². The van der Waals surface area contributed by atoms with Crippen LogP contribution in [0.5, 0.6) is 5.75 Å². The summed E-state index contributed by atoms with van der Waals surface area (Å²) in [6, 6.07) is 13.2. The molecule has 0 unspecified atom stereocenters. The lowest BCUT2D eigenvalue weighted by molar-refractivity contribution is -0.141. The molecule has 0 radical (unpaired) electrons. The lowest BCUT2D eigenvalue weighted by Gasteiger charge is -2.08. The van der Waals surface area contributed by atoms with Crippen molar-refractivity contribution in [3.63, 3.8) is 0 Å². The molecule has 29 heavy (non-hydrogen) atoms. The topological polar surface area (TPSA) is 78.9 Å². The van der Waals surface area contributed by atoms with Gasteiger partial charge in [-0.2, -0.15) is 0 Å². The fourth-order valence-corrected chi connectivity index (χ4v) is 2.10. The molecule has 150 valence electrons. The third kappa shape index (κ3) is 6.77. The summed E-state index contributed by atoms with van der Waals surface area (Å²) in [7, 11) is 0. The van der Waals surface area contributed by atoms with Gasteiger partial charge in [-0.15, -0.1) is 0 Å². The predicted octanol–water partition coefficient (Wildman–Crippen LogP) is 4.14. The van der Waals surface area contributed by atoms with Gasteiger partial charge in [0.2, 0.25) is 0 Å². The number of hydrogen-bond donors (Lipinski definition) is 0. The van der Waals surface area contributed by atoms with Gasteiger partial charge in [0.15, 0.2) is 0 Å². The second kappa shape index (κ2) is 10.0. The Labute approximate surface area is 169 Å². The van der Waals surface area contributed by atoms with Gasteiger partial charge in [0.1, 0.15) is 19.0 Å². The van der Waals surface area contributed by atoms with E-state index < -0.39 is 17.9 Å². The van der Waals surface area contributed by atoms with Crippen molar-refractivity contribution < 1.29 is 28.6 Å². The standard InChI is InChI=1S/C23H22O6/c1-15(2)21(24)27-13-17-5-9-19(10-6-17)23(26)29-20-11-7-18(8-12-20)14-28-22(25)16(3)4/h5-12H,1,3,13-14H2,2,4H3. The van der Waals surface area contributed by atoms with Crippen LogP contribution in [-0.4, -0.2) is 17.9 Å². The zero-order valence-electron chi connectivity index (χ0n) is 16.4. The van der Waals surface area contributed by atoms with Gasteiger partial charge in [0, 0.05) is 11.1 Å². The highest BCUT2D eigenvalue weighted by Crippen LogP contribution is 2.16. The number of benzene rings is 2. The van der Waals surface area contributed by atoms with E-state index in [1.54, 1.807) is 62.4 Å². The average molecular weight is 394 g/mol. The molecule has 2 aromatic carbocycles. The second-order valence-electron chi connectivity index (χ2n) is 6.44. The van der Waals surface area contributed by atoms with Crippen molar-refractivity contribution in [1.29, 1.82) is 0 Å². The molecule has 0 saturated carbocycles. The maximum Gasteiger partial charge on any atom is 0.343 e. The van der Waals surface area contributed by atoms with E-state index in [9.17, 15) is 14.4 Å². The Morgan fingerprint density at radius 2 is 1.14 bits per heavy atom. The average Bonchev–Trinajstić information content (AvgIpc) is 2.71. The number of carbonyl (C=O) groups is 3. The Morgan fingerprint density at radius 3 is 1.55 bits per heavy atom. The van der Waals surface area contributed by atoms with Crippen molar-refractivity contribution in [1.82, 2.24) is 0 Å². The molecule has 0 spiro atoms. The van der Waals surface area contributed by atoms with Crippen LogP contribution in [0.15, 0.2) is 72.8 Å². The minimum atomic E-state index is -0.517. The van der Waals surface area contributed by atoms with Crippen molar-refractivity contribution in [3.05, 3.63) is 89.5 Å². The van der Waals surface area contributed by atoms with Crippen LogP contribution in [0.1, 0.15) is 35.3 Å². The molecule has 6 heteroatoms. The minimum Gasteiger partial charge on any atom is -0.457 e. The quantitative estimate of drug-likeness (QED) is 0.380. The molecule has 2 aromatic rings. The van der Waals surface area contributed by atoms with E-state index >= 15 is 0 Å². The second-order valence-corrected chi connectivity index (χ2v) is 6.44. The first-order valence-electron chi connectivity index (χ1n) is 8.81. The number of ether oxygens (including phenoxy) is 3. The Balaban J connectivity index is 1.89. The fraction of sp³-hybridized carbons (Fsp3) is 0.174. The van der Waals surface area contributed by atoms with Crippen molar-refractivity contribution in [2.45, 2.75) is 27.1 Å². The molecule has 2 rings (SSSR count). The number of rotatable bonds is 8. The molecule has 0 aliphatic heterocycles. The largest absolute Gasteiger partial charge is 0.457 e. The molecular weight excluding hydrogens is 372 g/mol. The molecule has 0 aliphatic rings. The highest BCUT2D eigenvalue weighted by molar-refractivity contribution is 5.91. The molecule has 0 fully saturated rings. The Kier molecular flexibility index (Phi) is 7.48. The maximum absolute atomic E-state index is 12.3. The first-order valence-corrected chi connectivity index (χ1v) is 8.81. The van der Waals surface area contributed by atoms with E-state index in [0.717, 1.165) is 11.1 Å². The SMILES string of the molecule is C=C(C)C(=O)OCc1ccc(OC(=O)c2ccc(COC(=O)C(=C)C)cc2)cc1. The van der Waals surface area contributed by atoms with Crippen LogP contribution in [0.2, 0.25) is 0 Å². The highest BCUT2D eigenvalue weighted by Gasteiger charge is 2.10. The number of carbonyl (C=O) groups excluding carboxylic acids is 3. The summed E-state index contributed by atoms with van der Waals surface area (Å²) >= 11 is 0. The summed E-state index contributed by atoms with van der Waals surface area (Å²) in [6.45, 7) is 10.4. The van der Waals surface area contributed by atoms with Gasteiger partial charge in [-0.25, -0.2) is 14.4 Å². The summed E-state index contributed by atoms with van der Waals surface area (Å²) in [5.74, 6) is -1.08. The molecular formula is C23H22O6. The molecule has 0 aromatic heterocycles. The van der Waals surface area contributed by atoms with Gasteiger partial charge >= 0.3 is 17.9 Å². The summed E-state index contributed by atoms with van der Waals surface area (Å²) in [5, 5.41) is 0. The van der Waals surface area contributed by atoms with Crippen molar-refractivity contribution >= 4 is 17.9 Å². The van der Waals surface area contributed by atoms with Gasteiger partial charge < -0.3 is 14.2 Å². The first-order chi connectivity index (χ1) is 13.8. The van der Waals surface area contributed by atoms with E-state index in [2.05, 4.69) is 13.2 Å². The summed E-state index contributed by atoms with van der Waals surface area (Å²) in [6.07, 6.45) is 0. The van der Waals surface area contributed by atoms with E-state index in [1.165, 1.54) is 0 Å². The van der Waals surface area contributed by atoms with Gasteiger partial charge in [-0.05, 0) is 49.2 Å². The first kappa shape index (κ1) is 21.6. The third-order valence-corrected chi connectivity index (χ3v) is 3.76. The van der Waals surface area contributed by atoms with Crippen LogP contribution in [0, 0.1) is 0 Å². The zero-order valence-corrected chi connectivity index (χ0v) is 16.4. The Morgan fingerprint density at radius 1 is 0.724 bits per heavy atom. The minimum absolute atomic E-state index is 0.0957. The zero-order chi connectivity index (χ0) is 21.4. The number of hydrogen-bond acceptors (Lipinski definition) is 6. The molecule has 0 bridgehead atoms. The molecule has 0 heterocycles. The maximum atomic E-state index is 12.3. The van der Waals surface area contributed by atoms with Gasteiger partial charge in [0.05, 0.1) is 5.56 Å². The van der Waals surface area contributed by atoms with Crippen LogP contribution in [0.3, 0.4) is 0 Å². The van der Waals surface area contributed by atoms with Gasteiger partial charge in [-0.3, -0.25) is 0 Å². The molecule has 0 amide bonds. The van der Waals surface area contributed by atoms with Gasteiger partial charge in [-0.1, -0.05) is 37.4 Å². The summed E-state index contributed by atoms with van der Waals surface area (Å²) in [4.78, 5) is 35.0. The summed E-state index contributed by atoms with van der Waals surface area (Å²) < 4.78 is 15.4. The third-order valence-electron chi connectivity index (χ3n) is 3.76. The highest BCUT2D eigenvalue weighted by atomic mass is 16.5. The normalized spacial score (nSPS) is 10.0. The van der Waals surface area contributed by atoms with Crippen LogP contribution in [0.4, 0.5) is 0 Å². The van der Waals surface area contributed by atoms with Crippen LogP contribution in [0.25, 0.3) is 0 Å². The van der Waals surface area contributed by atoms with Gasteiger partial charge in [0.25, 0.3) is 0 Å². The smallest absolute Gasteiger partial charge is 0.343 e. The molecule has 0 N–H and O–H groups in total. The molecule has 0 saturated heterocycles. The van der Waals surface area contributed by atoms with Crippen LogP contribution >= 0.6 is 0 Å². The number of esters is 3. The summed E-state index contributed by atoms with van der Waals surface area (Å²) in [5.41, 5.74) is 2.51. The molecule has 0 atom stereocenters. The predicted molar refractivity (Wildman–Crippen MR) is 107 cm³/mol. The molecule has 6 nitrogen and oxygen atoms in total.